The van der Waals surface area contributed by atoms with Crippen molar-refractivity contribution >= 4 is 0 Å². The summed E-state index contributed by atoms with van der Waals surface area (Å²) in [6.45, 7) is 7.56. The van der Waals surface area contributed by atoms with Gasteiger partial charge in [-0.1, -0.05) is 6.42 Å². The van der Waals surface area contributed by atoms with E-state index in [0.29, 0.717) is 6.54 Å². The summed E-state index contributed by atoms with van der Waals surface area (Å²) in [6, 6.07) is 3.25. The van der Waals surface area contributed by atoms with E-state index in [2.05, 4.69) is 29.7 Å². The predicted molar refractivity (Wildman–Crippen MR) is 97.8 cm³/mol. The molecule has 8 heteroatoms. The molecule has 0 unspecified atom stereocenters. The monoisotopic (exact) mass is 357 g/mol. The lowest BCUT2D eigenvalue weighted by Crippen LogP contribution is -2.47. The SMILES string of the molecule is O=c1cccnn1CCN1CCN(Cc2nnc3n2CCCCC3)CC1. The Bertz CT molecular complexity index is 776. The minimum atomic E-state index is -0.0290. The molecule has 2 aliphatic rings. The van der Waals surface area contributed by atoms with Crippen LogP contribution in [0.3, 0.4) is 0 Å². The molecule has 1 fully saturated rings. The van der Waals surface area contributed by atoms with Crippen molar-refractivity contribution in [2.75, 3.05) is 32.7 Å². The van der Waals surface area contributed by atoms with Gasteiger partial charge in [0, 0.05) is 58.0 Å². The van der Waals surface area contributed by atoms with Crippen molar-refractivity contribution in [2.45, 2.75) is 45.3 Å². The molecule has 0 aromatic carbocycles. The van der Waals surface area contributed by atoms with Crippen molar-refractivity contribution in [1.82, 2.24) is 34.3 Å². The first-order chi connectivity index (χ1) is 12.8. The van der Waals surface area contributed by atoms with Crippen LogP contribution in [0.4, 0.5) is 0 Å². The molecule has 0 atom stereocenters. The van der Waals surface area contributed by atoms with Gasteiger partial charge in [-0.3, -0.25) is 14.6 Å². The van der Waals surface area contributed by atoms with Crippen LogP contribution in [-0.4, -0.2) is 67.1 Å². The molecule has 0 N–H and O–H groups in total. The Hall–Kier alpha value is -2.06. The number of rotatable bonds is 5. The molecule has 0 radical (unpaired) electrons. The Morgan fingerprint density at radius 1 is 0.923 bits per heavy atom. The zero-order valence-corrected chi connectivity index (χ0v) is 15.3. The quantitative estimate of drug-likeness (QED) is 0.770. The first-order valence-electron chi connectivity index (χ1n) is 9.67. The topological polar surface area (TPSA) is 72.1 Å². The Balaban J connectivity index is 1.27. The third-order valence-electron chi connectivity index (χ3n) is 5.43. The van der Waals surface area contributed by atoms with Gasteiger partial charge in [-0.2, -0.15) is 5.10 Å². The van der Waals surface area contributed by atoms with Gasteiger partial charge in [0.25, 0.3) is 5.56 Å². The maximum atomic E-state index is 11.7. The summed E-state index contributed by atoms with van der Waals surface area (Å²) in [5.41, 5.74) is -0.0290. The van der Waals surface area contributed by atoms with Gasteiger partial charge >= 0.3 is 0 Å². The molecule has 8 nitrogen and oxygen atoms in total. The van der Waals surface area contributed by atoms with Gasteiger partial charge in [0.2, 0.25) is 0 Å². The number of hydrogen-bond donors (Lipinski definition) is 0. The second-order valence-corrected chi connectivity index (χ2v) is 7.20. The molecule has 0 aliphatic carbocycles. The van der Waals surface area contributed by atoms with E-state index < -0.39 is 0 Å². The highest BCUT2D eigenvalue weighted by Gasteiger charge is 2.21. The summed E-state index contributed by atoms with van der Waals surface area (Å²) in [7, 11) is 0. The first kappa shape index (κ1) is 17.4. The molecule has 2 aromatic heterocycles. The first-order valence-corrected chi connectivity index (χ1v) is 9.67. The van der Waals surface area contributed by atoms with Gasteiger partial charge in [-0.15, -0.1) is 10.2 Å². The van der Waals surface area contributed by atoms with Crippen molar-refractivity contribution in [3.8, 4) is 0 Å². The van der Waals surface area contributed by atoms with Crippen molar-refractivity contribution in [3.63, 3.8) is 0 Å². The average molecular weight is 357 g/mol. The molecule has 2 aromatic rings. The molecule has 0 spiro atoms. The van der Waals surface area contributed by atoms with Crippen LogP contribution >= 0.6 is 0 Å². The van der Waals surface area contributed by atoms with Crippen molar-refractivity contribution in [3.05, 3.63) is 40.3 Å². The van der Waals surface area contributed by atoms with Gasteiger partial charge < -0.3 is 4.57 Å². The Labute approximate surface area is 153 Å². The standard InChI is InChI=1S/C18H27N7O/c26-18-6-4-7-19-25(18)14-13-22-9-11-23(12-10-22)15-17-21-20-16-5-2-1-3-8-24(16)17/h4,6-7H,1-3,5,8-15H2. The Morgan fingerprint density at radius 3 is 2.62 bits per heavy atom. The summed E-state index contributed by atoms with van der Waals surface area (Å²) in [4.78, 5) is 16.6. The second-order valence-electron chi connectivity index (χ2n) is 7.20. The highest BCUT2D eigenvalue weighted by atomic mass is 16.1. The predicted octanol–water partition coefficient (Wildman–Crippen LogP) is 0.379. The maximum absolute atomic E-state index is 11.7. The number of hydrogen-bond acceptors (Lipinski definition) is 6. The normalized spacial score (nSPS) is 19.2. The minimum Gasteiger partial charge on any atom is -0.314 e. The average Bonchev–Trinajstić information content (AvgIpc) is 2.89. The number of aryl methyl sites for hydroxylation is 1. The van der Waals surface area contributed by atoms with E-state index in [4.69, 9.17) is 0 Å². The fourth-order valence-electron chi connectivity index (χ4n) is 3.82. The van der Waals surface area contributed by atoms with E-state index in [-0.39, 0.29) is 5.56 Å². The van der Waals surface area contributed by atoms with E-state index in [9.17, 15) is 4.79 Å². The van der Waals surface area contributed by atoms with E-state index in [0.717, 1.165) is 63.9 Å². The largest absolute Gasteiger partial charge is 0.314 e. The molecular formula is C18H27N7O. The molecule has 0 amide bonds. The van der Waals surface area contributed by atoms with Crippen molar-refractivity contribution in [2.24, 2.45) is 0 Å². The molecule has 0 saturated carbocycles. The van der Waals surface area contributed by atoms with E-state index >= 15 is 0 Å². The van der Waals surface area contributed by atoms with Gasteiger partial charge in [-0.05, 0) is 18.9 Å². The third-order valence-corrected chi connectivity index (χ3v) is 5.43. The van der Waals surface area contributed by atoms with Crippen LogP contribution in [0.2, 0.25) is 0 Å². The minimum absolute atomic E-state index is 0.0290. The van der Waals surface area contributed by atoms with Crippen LogP contribution in [0.1, 0.15) is 30.9 Å². The van der Waals surface area contributed by atoms with Crippen LogP contribution in [0.5, 0.6) is 0 Å². The van der Waals surface area contributed by atoms with Gasteiger partial charge in [0.1, 0.15) is 11.6 Å². The second kappa shape index (κ2) is 8.09. The van der Waals surface area contributed by atoms with Crippen molar-refractivity contribution < 1.29 is 0 Å². The molecule has 0 bridgehead atoms. The van der Waals surface area contributed by atoms with Gasteiger partial charge in [-0.25, -0.2) is 4.68 Å². The smallest absolute Gasteiger partial charge is 0.266 e. The molecule has 1 saturated heterocycles. The third kappa shape index (κ3) is 4.02. The van der Waals surface area contributed by atoms with Crippen LogP contribution in [0.15, 0.2) is 23.1 Å². The van der Waals surface area contributed by atoms with Crippen LogP contribution in [0.25, 0.3) is 0 Å². The zero-order valence-electron chi connectivity index (χ0n) is 15.3. The summed E-state index contributed by atoms with van der Waals surface area (Å²) >= 11 is 0. The van der Waals surface area contributed by atoms with Crippen LogP contribution in [-0.2, 0) is 26.1 Å². The zero-order chi connectivity index (χ0) is 17.8. The molecule has 26 heavy (non-hydrogen) atoms. The van der Waals surface area contributed by atoms with Crippen LogP contribution in [0, 0.1) is 0 Å². The number of nitrogens with zero attached hydrogens (tertiary/aromatic N) is 7. The lowest BCUT2D eigenvalue weighted by molar-refractivity contribution is 0.119. The lowest BCUT2D eigenvalue weighted by Gasteiger charge is -2.34. The number of fused-ring (bicyclic) bond motifs is 1. The fourth-order valence-corrected chi connectivity index (χ4v) is 3.82. The van der Waals surface area contributed by atoms with Crippen molar-refractivity contribution in [1.29, 1.82) is 0 Å². The molecule has 4 rings (SSSR count). The van der Waals surface area contributed by atoms with Crippen LogP contribution < -0.4 is 5.56 Å². The summed E-state index contributed by atoms with van der Waals surface area (Å²) in [5, 5.41) is 13.0. The summed E-state index contributed by atoms with van der Waals surface area (Å²) in [6.07, 6.45) is 6.49. The molecule has 4 heterocycles. The molecule has 140 valence electrons. The van der Waals surface area contributed by atoms with Gasteiger partial charge in [0.15, 0.2) is 0 Å². The highest BCUT2D eigenvalue weighted by Crippen LogP contribution is 2.16. The number of aromatic nitrogens is 5. The lowest BCUT2D eigenvalue weighted by atomic mass is 10.2. The Morgan fingerprint density at radius 2 is 1.77 bits per heavy atom. The highest BCUT2D eigenvalue weighted by molar-refractivity contribution is 4.98. The Kier molecular flexibility index (Phi) is 5.40. The van der Waals surface area contributed by atoms with Gasteiger partial charge in [0.05, 0.1) is 13.1 Å². The number of piperazine rings is 1. The van der Waals surface area contributed by atoms with E-state index in [1.165, 1.54) is 23.9 Å². The summed E-state index contributed by atoms with van der Waals surface area (Å²) < 4.78 is 3.88. The maximum Gasteiger partial charge on any atom is 0.266 e. The molecular weight excluding hydrogens is 330 g/mol. The molecule has 2 aliphatic heterocycles. The van der Waals surface area contributed by atoms with E-state index in [1.807, 2.05) is 0 Å². The van der Waals surface area contributed by atoms with E-state index in [1.54, 1.807) is 18.3 Å². The fraction of sp³-hybridized carbons (Fsp3) is 0.667. The summed E-state index contributed by atoms with van der Waals surface area (Å²) in [5.74, 6) is 2.28.